The molecule has 9 nitrogen and oxygen atoms in total. The normalized spacial score (nSPS) is 15.7. The molecule has 0 saturated carbocycles. The molecule has 1 aliphatic rings. The van der Waals surface area contributed by atoms with E-state index in [9.17, 15) is 9.59 Å². The number of carbonyl (C=O) groups excluding carboxylic acids is 2. The van der Waals surface area contributed by atoms with Crippen molar-refractivity contribution in [3.05, 3.63) is 46.4 Å². The Morgan fingerprint density at radius 1 is 1.19 bits per heavy atom. The van der Waals surface area contributed by atoms with Gasteiger partial charge in [0.2, 0.25) is 0 Å². The van der Waals surface area contributed by atoms with Crippen molar-refractivity contribution in [1.29, 1.82) is 0 Å². The Labute approximate surface area is 187 Å². The molecule has 3 amide bonds. The summed E-state index contributed by atoms with van der Waals surface area (Å²) >= 11 is 0. The first kappa shape index (κ1) is 23.2. The van der Waals surface area contributed by atoms with Gasteiger partial charge in [0, 0.05) is 24.1 Å². The SMILES string of the molecule is COc1ccc(CCNC(=O)c2oc3c(c2C)/C(=N\NC(N)=O)CC(C)(C)C3)cc1OC. The lowest BCUT2D eigenvalue weighted by molar-refractivity contribution is 0.0922. The number of furan rings is 1. The standard InChI is InChI=1S/C23H30N4O5/c1-13-19-15(26-27-22(24)29)11-23(2,3)12-18(19)32-20(13)21(28)25-9-8-14-6-7-16(30-4)17(10-14)31-5/h6-7,10H,8-9,11-12H2,1-5H3,(H,25,28)(H3,24,27,29)/b26-15-. The van der Waals surface area contributed by atoms with Crippen molar-refractivity contribution in [3.8, 4) is 11.5 Å². The van der Waals surface area contributed by atoms with E-state index in [0.717, 1.165) is 11.1 Å². The minimum atomic E-state index is -0.739. The fourth-order valence-corrected chi connectivity index (χ4v) is 3.99. The molecule has 0 bridgehead atoms. The maximum absolute atomic E-state index is 12.9. The fraction of sp³-hybridized carbons (Fsp3) is 0.435. The number of primary amides is 1. The second kappa shape index (κ2) is 9.33. The maximum Gasteiger partial charge on any atom is 0.332 e. The van der Waals surface area contributed by atoms with Crippen molar-refractivity contribution in [2.24, 2.45) is 16.3 Å². The number of nitrogens with two attached hydrogens (primary N) is 1. The topological polar surface area (TPSA) is 128 Å². The highest BCUT2D eigenvalue weighted by molar-refractivity contribution is 6.07. The number of benzene rings is 1. The van der Waals surface area contributed by atoms with Gasteiger partial charge in [0.25, 0.3) is 5.91 Å². The van der Waals surface area contributed by atoms with Gasteiger partial charge in [0.05, 0.1) is 19.9 Å². The monoisotopic (exact) mass is 442 g/mol. The molecule has 0 unspecified atom stereocenters. The molecule has 1 aliphatic carbocycles. The van der Waals surface area contributed by atoms with E-state index in [2.05, 4.69) is 29.7 Å². The molecular weight excluding hydrogens is 412 g/mol. The zero-order valence-corrected chi connectivity index (χ0v) is 19.1. The van der Waals surface area contributed by atoms with Crippen LogP contribution in [0.15, 0.2) is 27.7 Å². The van der Waals surface area contributed by atoms with Gasteiger partial charge in [-0.15, -0.1) is 0 Å². The van der Waals surface area contributed by atoms with Gasteiger partial charge >= 0.3 is 6.03 Å². The molecule has 1 aromatic heterocycles. The van der Waals surface area contributed by atoms with Crippen LogP contribution in [0.4, 0.5) is 4.79 Å². The number of nitrogens with one attached hydrogen (secondary N) is 2. The van der Waals surface area contributed by atoms with Crippen molar-refractivity contribution in [1.82, 2.24) is 10.7 Å². The highest BCUT2D eigenvalue weighted by atomic mass is 16.5. The average Bonchev–Trinajstić information content (AvgIpc) is 3.06. The van der Waals surface area contributed by atoms with Gasteiger partial charge in [-0.05, 0) is 42.9 Å². The second-order valence-electron chi connectivity index (χ2n) is 8.60. The number of rotatable bonds is 7. The van der Waals surface area contributed by atoms with Crippen molar-refractivity contribution in [2.45, 2.75) is 40.0 Å². The van der Waals surface area contributed by atoms with Gasteiger partial charge < -0.3 is 24.9 Å². The Morgan fingerprint density at radius 3 is 2.56 bits per heavy atom. The predicted molar refractivity (Wildman–Crippen MR) is 120 cm³/mol. The Hall–Kier alpha value is -3.49. The molecule has 0 aliphatic heterocycles. The molecule has 3 rings (SSSR count). The molecule has 1 heterocycles. The van der Waals surface area contributed by atoms with E-state index < -0.39 is 6.03 Å². The number of ether oxygens (including phenoxy) is 2. The van der Waals surface area contributed by atoms with Gasteiger partial charge in [-0.3, -0.25) is 4.79 Å². The van der Waals surface area contributed by atoms with Gasteiger partial charge in [-0.1, -0.05) is 19.9 Å². The van der Waals surface area contributed by atoms with Crippen LogP contribution in [0.3, 0.4) is 0 Å². The molecular formula is C23H30N4O5. The molecule has 0 fully saturated rings. The van der Waals surface area contributed by atoms with Crippen LogP contribution < -0.4 is 25.9 Å². The van der Waals surface area contributed by atoms with Gasteiger partial charge in [-0.2, -0.15) is 5.10 Å². The third-order valence-corrected chi connectivity index (χ3v) is 5.45. The number of hydrogen-bond donors (Lipinski definition) is 3. The van der Waals surface area contributed by atoms with Crippen LogP contribution in [0.2, 0.25) is 0 Å². The lowest BCUT2D eigenvalue weighted by Crippen LogP contribution is -2.31. The zero-order chi connectivity index (χ0) is 23.5. The van der Waals surface area contributed by atoms with Crippen LogP contribution >= 0.6 is 0 Å². The van der Waals surface area contributed by atoms with Crippen LogP contribution in [-0.2, 0) is 12.8 Å². The maximum atomic E-state index is 12.9. The highest BCUT2D eigenvalue weighted by Crippen LogP contribution is 2.38. The molecule has 0 radical (unpaired) electrons. The Bertz CT molecular complexity index is 1050. The molecule has 32 heavy (non-hydrogen) atoms. The molecule has 0 spiro atoms. The first-order valence-electron chi connectivity index (χ1n) is 10.4. The molecule has 0 atom stereocenters. The Kier molecular flexibility index (Phi) is 6.76. The molecule has 4 N–H and O–H groups in total. The summed E-state index contributed by atoms with van der Waals surface area (Å²) in [6.07, 6.45) is 1.91. The van der Waals surface area contributed by atoms with Crippen LogP contribution in [-0.4, -0.2) is 38.4 Å². The lowest BCUT2D eigenvalue weighted by Gasteiger charge is -2.29. The number of fused-ring (bicyclic) bond motifs is 1. The van der Waals surface area contributed by atoms with Crippen molar-refractivity contribution >= 4 is 17.6 Å². The number of amides is 3. The summed E-state index contributed by atoms with van der Waals surface area (Å²) in [7, 11) is 3.17. The fourth-order valence-electron chi connectivity index (χ4n) is 3.99. The number of urea groups is 1. The van der Waals surface area contributed by atoms with E-state index >= 15 is 0 Å². The molecule has 0 saturated heterocycles. The van der Waals surface area contributed by atoms with E-state index in [1.165, 1.54) is 0 Å². The van der Waals surface area contributed by atoms with Crippen LogP contribution in [0.5, 0.6) is 11.5 Å². The number of carbonyl (C=O) groups is 2. The summed E-state index contributed by atoms with van der Waals surface area (Å²) in [6, 6.07) is 4.92. The Morgan fingerprint density at radius 2 is 1.91 bits per heavy atom. The quantitative estimate of drug-likeness (QED) is 0.568. The van der Waals surface area contributed by atoms with E-state index in [0.29, 0.717) is 54.3 Å². The minimum Gasteiger partial charge on any atom is -0.493 e. The van der Waals surface area contributed by atoms with Crippen LogP contribution in [0, 0.1) is 12.3 Å². The van der Waals surface area contributed by atoms with Gasteiger partial charge in [0.1, 0.15) is 5.76 Å². The van der Waals surface area contributed by atoms with Crippen LogP contribution in [0.1, 0.15) is 53.3 Å². The second-order valence-corrected chi connectivity index (χ2v) is 8.60. The smallest absolute Gasteiger partial charge is 0.332 e. The summed E-state index contributed by atoms with van der Waals surface area (Å²) < 4.78 is 16.5. The highest BCUT2D eigenvalue weighted by Gasteiger charge is 2.36. The number of hydrogen-bond acceptors (Lipinski definition) is 6. The summed E-state index contributed by atoms with van der Waals surface area (Å²) in [5.74, 6) is 1.95. The first-order valence-corrected chi connectivity index (χ1v) is 10.4. The molecule has 1 aromatic carbocycles. The summed E-state index contributed by atoms with van der Waals surface area (Å²) in [4.78, 5) is 24.0. The van der Waals surface area contributed by atoms with E-state index in [-0.39, 0.29) is 17.1 Å². The van der Waals surface area contributed by atoms with Gasteiger partial charge in [0.15, 0.2) is 17.3 Å². The van der Waals surface area contributed by atoms with Crippen molar-refractivity contribution in [3.63, 3.8) is 0 Å². The Balaban J connectivity index is 1.74. The minimum absolute atomic E-state index is 0.128. The number of hydrazone groups is 1. The number of nitrogens with zero attached hydrogens (tertiary/aromatic N) is 1. The van der Waals surface area contributed by atoms with E-state index in [4.69, 9.17) is 19.6 Å². The van der Waals surface area contributed by atoms with Crippen molar-refractivity contribution in [2.75, 3.05) is 20.8 Å². The first-order chi connectivity index (χ1) is 15.1. The lowest BCUT2D eigenvalue weighted by atomic mass is 9.75. The van der Waals surface area contributed by atoms with Crippen LogP contribution in [0.25, 0.3) is 0 Å². The molecule has 172 valence electrons. The summed E-state index contributed by atoms with van der Waals surface area (Å²) in [5, 5.41) is 7.08. The van der Waals surface area contributed by atoms with E-state index in [1.54, 1.807) is 14.2 Å². The average molecular weight is 443 g/mol. The molecule has 2 aromatic rings. The largest absolute Gasteiger partial charge is 0.493 e. The predicted octanol–water partition coefficient (Wildman–Crippen LogP) is 2.92. The van der Waals surface area contributed by atoms with E-state index in [1.807, 2.05) is 25.1 Å². The number of methoxy groups -OCH3 is 2. The zero-order valence-electron chi connectivity index (χ0n) is 19.1. The summed E-state index contributed by atoms with van der Waals surface area (Å²) in [6.45, 7) is 6.41. The molecule has 9 heteroatoms. The summed E-state index contributed by atoms with van der Waals surface area (Å²) in [5.41, 5.74) is 10.5. The third-order valence-electron chi connectivity index (χ3n) is 5.45. The third kappa shape index (κ3) is 5.04. The van der Waals surface area contributed by atoms with Crippen molar-refractivity contribution < 1.29 is 23.5 Å². The van der Waals surface area contributed by atoms with Gasteiger partial charge in [-0.25, -0.2) is 10.2 Å².